The van der Waals surface area contributed by atoms with Crippen LogP contribution >= 0.6 is 0 Å². The summed E-state index contributed by atoms with van der Waals surface area (Å²) in [6, 6.07) is 5.79. The van der Waals surface area contributed by atoms with E-state index in [-0.39, 0.29) is 18.0 Å². The van der Waals surface area contributed by atoms with Gasteiger partial charge >= 0.3 is 0 Å². The van der Waals surface area contributed by atoms with E-state index in [1.807, 2.05) is 24.6 Å². The summed E-state index contributed by atoms with van der Waals surface area (Å²) in [5.74, 6) is -1.01. The molecule has 2 rings (SSSR count). The number of rotatable bonds is 6. The SMILES string of the molecule is CCc1cc(C(Cc2c(F)cccc2F)NC)n(CC)n1. The van der Waals surface area contributed by atoms with Crippen LogP contribution in [0.5, 0.6) is 0 Å². The molecule has 1 aromatic heterocycles. The second-order valence-corrected chi connectivity index (χ2v) is 4.98. The summed E-state index contributed by atoms with van der Waals surface area (Å²) < 4.78 is 29.5. The number of nitrogens with zero attached hydrogens (tertiary/aromatic N) is 2. The van der Waals surface area contributed by atoms with Crippen molar-refractivity contribution in [2.24, 2.45) is 0 Å². The number of aryl methyl sites for hydroxylation is 2. The average molecular weight is 293 g/mol. The maximum atomic E-state index is 13.8. The van der Waals surface area contributed by atoms with E-state index in [0.29, 0.717) is 0 Å². The Balaban J connectivity index is 2.34. The Labute approximate surface area is 124 Å². The van der Waals surface area contributed by atoms with E-state index in [1.165, 1.54) is 18.2 Å². The molecule has 0 bridgehead atoms. The molecule has 5 heteroatoms. The molecule has 3 nitrogen and oxygen atoms in total. The minimum atomic E-state index is -0.506. The highest BCUT2D eigenvalue weighted by molar-refractivity contribution is 5.24. The molecule has 1 heterocycles. The molecule has 0 aliphatic heterocycles. The highest BCUT2D eigenvalue weighted by Gasteiger charge is 2.20. The van der Waals surface area contributed by atoms with E-state index in [2.05, 4.69) is 10.4 Å². The summed E-state index contributed by atoms with van der Waals surface area (Å²) in [4.78, 5) is 0. The Morgan fingerprint density at radius 1 is 1.24 bits per heavy atom. The molecule has 1 unspecified atom stereocenters. The van der Waals surface area contributed by atoms with Crippen LogP contribution in [-0.4, -0.2) is 16.8 Å². The molecule has 0 spiro atoms. The minimum Gasteiger partial charge on any atom is -0.311 e. The van der Waals surface area contributed by atoms with Gasteiger partial charge in [0.15, 0.2) is 0 Å². The lowest BCUT2D eigenvalue weighted by atomic mass is 10.0. The molecule has 0 saturated heterocycles. The second kappa shape index (κ2) is 6.80. The number of nitrogens with one attached hydrogen (secondary N) is 1. The molecular formula is C16H21F2N3. The van der Waals surface area contributed by atoms with Crippen molar-refractivity contribution in [2.75, 3.05) is 7.05 Å². The molecule has 2 aromatic rings. The van der Waals surface area contributed by atoms with Gasteiger partial charge in [-0.2, -0.15) is 5.10 Å². The number of hydrogen-bond acceptors (Lipinski definition) is 2. The molecule has 0 saturated carbocycles. The van der Waals surface area contributed by atoms with Crippen molar-refractivity contribution in [3.8, 4) is 0 Å². The summed E-state index contributed by atoms with van der Waals surface area (Å²) in [5.41, 5.74) is 2.05. The Morgan fingerprint density at radius 2 is 1.90 bits per heavy atom. The summed E-state index contributed by atoms with van der Waals surface area (Å²) in [6.45, 7) is 4.77. The Bertz CT molecular complexity index is 587. The van der Waals surface area contributed by atoms with Gasteiger partial charge in [-0.1, -0.05) is 13.0 Å². The fourth-order valence-corrected chi connectivity index (χ4v) is 2.48. The van der Waals surface area contributed by atoms with Gasteiger partial charge in [-0.15, -0.1) is 0 Å². The van der Waals surface area contributed by atoms with Gasteiger partial charge in [0.05, 0.1) is 17.4 Å². The fraction of sp³-hybridized carbons (Fsp3) is 0.438. The fourth-order valence-electron chi connectivity index (χ4n) is 2.48. The molecular weight excluding hydrogens is 272 g/mol. The van der Waals surface area contributed by atoms with E-state index >= 15 is 0 Å². The van der Waals surface area contributed by atoms with E-state index in [1.54, 1.807) is 7.05 Å². The van der Waals surface area contributed by atoms with Gasteiger partial charge in [0.2, 0.25) is 0 Å². The van der Waals surface area contributed by atoms with Crippen LogP contribution in [0.25, 0.3) is 0 Å². The average Bonchev–Trinajstić information content (AvgIpc) is 2.90. The van der Waals surface area contributed by atoms with Crippen molar-refractivity contribution in [3.63, 3.8) is 0 Å². The zero-order chi connectivity index (χ0) is 15.4. The van der Waals surface area contributed by atoms with Crippen molar-refractivity contribution in [1.82, 2.24) is 15.1 Å². The third-order valence-corrected chi connectivity index (χ3v) is 3.70. The Hall–Kier alpha value is -1.75. The first-order valence-corrected chi connectivity index (χ1v) is 7.27. The molecule has 1 aromatic carbocycles. The third-order valence-electron chi connectivity index (χ3n) is 3.70. The van der Waals surface area contributed by atoms with Crippen LogP contribution < -0.4 is 5.32 Å². The topological polar surface area (TPSA) is 29.9 Å². The predicted octanol–water partition coefficient (Wildman–Crippen LogP) is 3.25. The predicted molar refractivity (Wildman–Crippen MR) is 79.1 cm³/mol. The van der Waals surface area contributed by atoms with Crippen LogP contribution in [0.3, 0.4) is 0 Å². The molecule has 1 atom stereocenters. The number of benzene rings is 1. The molecule has 0 radical (unpaired) electrons. The van der Waals surface area contributed by atoms with Crippen LogP contribution in [0.15, 0.2) is 24.3 Å². The lowest BCUT2D eigenvalue weighted by Gasteiger charge is -2.18. The molecule has 0 fully saturated rings. The zero-order valence-corrected chi connectivity index (χ0v) is 12.7. The monoisotopic (exact) mass is 293 g/mol. The number of hydrogen-bond donors (Lipinski definition) is 1. The number of halogens is 2. The van der Waals surface area contributed by atoms with Crippen LogP contribution in [0.4, 0.5) is 8.78 Å². The van der Waals surface area contributed by atoms with Gasteiger partial charge < -0.3 is 5.32 Å². The maximum Gasteiger partial charge on any atom is 0.129 e. The first-order valence-electron chi connectivity index (χ1n) is 7.27. The van der Waals surface area contributed by atoms with Crippen LogP contribution in [-0.2, 0) is 19.4 Å². The summed E-state index contributed by atoms with van der Waals surface area (Å²) in [7, 11) is 1.79. The maximum absolute atomic E-state index is 13.8. The van der Waals surface area contributed by atoms with Crippen molar-refractivity contribution < 1.29 is 8.78 Å². The summed E-state index contributed by atoms with van der Waals surface area (Å²) in [6.07, 6.45) is 1.09. The summed E-state index contributed by atoms with van der Waals surface area (Å²) in [5, 5.41) is 7.63. The Kier molecular flexibility index (Phi) is 5.07. The highest BCUT2D eigenvalue weighted by Crippen LogP contribution is 2.23. The van der Waals surface area contributed by atoms with E-state index in [9.17, 15) is 8.78 Å². The van der Waals surface area contributed by atoms with E-state index in [4.69, 9.17) is 0 Å². The lowest BCUT2D eigenvalue weighted by Crippen LogP contribution is -2.23. The van der Waals surface area contributed by atoms with E-state index in [0.717, 1.165) is 24.4 Å². The lowest BCUT2D eigenvalue weighted by molar-refractivity contribution is 0.483. The first kappa shape index (κ1) is 15.6. The quantitative estimate of drug-likeness (QED) is 0.886. The highest BCUT2D eigenvalue weighted by atomic mass is 19.1. The zero-order valence-electron chi connectivity index (χ0n) is 12.7. The standard InChI is InChI=1S/C16H21F2N3/c1-4-11-9-16(21(5-2)20-11)15(19-3)10-12-13(17)7-6-8-14(12)18/h6-9,15,19H,4-5,10H2,1-3H3. The molecule has 0 aliphatic rings. The van der Waals surface area contributed by atoms with Gasteiger partial charge in [-0.25, -0.2) is 8.78 Å². The van der Waals surface area contributed by atoms with Crippen molar-refractivity contribution >= 4 is 0 Å². The van der Waals surface area contributed by atoms with Gasteiger partial charge in [0.25, 0.3) is 0 Å². The number of aromatic nitrogens is 2. The largest absolute Gasteiger partial charge is 0.311 e. The molecule has 0 amide bonds. The molecule has 1 N–H and O–H groups in total. The van der Waals surface area contributed by atoms with Gasteiger partial charge in [-0.05, 0) is 45.0 Å². The Morgan fingerprint density at radius 3 is 2.43 bits per heavy atom. The molecule has 21 heavy (non-hydrogen) atoms. The van der Waals surface area contributed by atoms with Crippen LogP contribution in [0.1, 0.15) is 36.8 Å². The normalized spacial score (nSPS) is 12.6. The van der Waals surface area contributed by atoms with Crippen LogP contribution in [0, 0.1) is 11.6 Å². The number of likely N-dealkylation sites (N-methyl/N-ethyl adjacent to an activating group) is 1. The molecule has 114 valence electrons. The smallest absolute Gasteiger partial charge is 0.129 e. The van der Waals surface area contributed by atoms with Crippen molar-refractivity contribution in [3.05, 3.63) is 52.9 Å². The van der Waals surface area contributed by atoms with Crippen molar-refractivity contribution in [2.45, 2.75) is 39.3 Å². The van der Waals surface area contributed by atoms with E-state index < -0.39 is 11.6 Å². The van der Waals surface area contributed by atoms with Gasteiger partial charge in [0, 0.05) is 12.1 Å². The second-order valence-electron chi connectivity index (χ2n) is 4.98. The van der Waals surface area contributed by atoms with Crippen molar-refractivity contribution in [1.29, 1.82) is 0 Å². The minimum absolute atomic E-state index is 0.110. The van der Waals surface area contributed by atoms with Gasteiger partial charge in [-0.3, -0.25) is 4.68 Å². The van der Waals surface area contributed by atoms with Gasteiger partial charge in [0.1, 0.15) is 11.6 Å². The third kappa shape index (κ3) is 3.29. The van der Waals surface area contributed by atoms with Crippen LogP contribution in [0.2, 0.25) is 0 Å². The first-order chi connectivity index (χ1) is 10.1. The molecule has 0 aliphatic carbocycles. The summed E-state index contributed by atoms with van der Waals surface area (Å²) >= 11 is 0.